The molecule has 2 heterocycles. The lowest BCUT2D eigenvalue weighted by Crippen LogP contribution is -2.09. The van der Waals surface area contributed by atoms with Gasteiger partial charge >= 0.3 is 5.97 Å². The summed E-state index contributed by atoms with van der Waals surface area (Å²) in [5, 5.41) is 24.6. The smallest absolute Gasteiger partial charge is 0.313 e. The van der Waals surface area contributed by atoms with Gasteiger partial charge in [-0.2, -0.15) is 5.10 Å². The van der Waals surface area contributed by atoms with E-state index in [-0.39, 0.29) is 5.75 Å². The second-order valence-electron chi connectivity index (χ2n) is 4.90. The Morgan fingerprint density at radius 3 is 2.80 bits per heavy atom. The molecule has 108 valence electrons. The molecule has 0 unspecified atom stereocenters. The van der Waals surface area contributed by atoms with Crippen molar-refractivity contribution in [1.82, 2.24) is 25.0 Å². The van der Waals surface area contributed by atoms with Crippen molar-refractivity contribution in [2.45, 2.75) is 32.5 Å². The Morgan fingerprint density at radius 2 is 2.25 bits per heavy atom. The lowest BCUT2D eigenvalue weighted by Gasteiger charge is -2.11. The van der Waals surface area contributed by atoms with Gasteiger partial charge in [0.15, 0.2) is 11.0 Å². The van der Waals surface area contributed by atoms with E-state index < -0.39 is 5.97 Å². The molecule has 2 N–H and O–H groups in total. The summed E-state index contributed by atoms with van der Waals surface area (Å²) in [6, 6.07) is 0. The maximum absolute atomic E-state index is 10.7. The second-order valence-corrected chi connectivity index (χ2v) is 5.84. The third-order valence-electron chi connectivity index (χ3n) is 2.66. The third-order valence-corrected chi connectivity index (χ3v) is 3.61. The molecule has 0 aliphatic heterocycles. The minimum Gasteiger partial charge on any atom is -0.481 e. The highest BCUT2D eigenvalue weighted by Gasteiger charge is 2.18. The molecule has 0 saturated heterocycles. The van der Waals surface area contributed by atoms with E-state index in [9.17, 15) is 4.79 Å². The summed E-state index contributed by atoms with van der Waals surface area (Å²) in [7, 11) is 0. The fourth-order valence-electron chi connectivity index (χ4n) is 1.83. The summed E-state index contributed by atoms with van der Waals surface area (Å²) in [5.41, 5.74) is 1.80. The van der Waals surface area contributed by atoms with Crippen LogP contribution in [-0.4, -0.2) is 41.8 Å². The minimum absolute atomic E-state index is 0.0272. The molecule has 0 saturated carbocycles. The number of aryl methyl sites for hydroxylation is 1. The van der Waals surface area contributed by atoms with Crippen molar-refractivity contribution in [2.24, 2.45) is 5.92 Å². The Morgan fingerprint density at radius 1 is 1.50 bits per heavy atom. The molecule has 8 heteroatoms. The first-order chi connectivity index (χ1) is 9.49. The van der Waals surface area contributed by atoms with Crippen molar-refractivity contribution < 1.29 is 9.90 Å². The van der Waals surface area contributed by atoms with Crippen LogP contribution in [0.15, 0.2) is 11.4 Å². The van der Waals surface area contributed by atoms with Crippen LogP contribution in [0, 0.1) is 12.8 Å². The van der Waals surface area contributed by atoms with Crippen molar-refractivity contribution in [3.05, 3.63) is 11.9 Å². The topological polar surface area (TPSA) is 96.7 Å². The summed E-state index contributed by atoms with van der Waals surface area (Å²) >= 11 is 1.18. The molecule has 20 heavy (non-hydrogen) atoms. The minimum atomic E-state index is -0.866. The highest BCUT2D eigenvalue weighted by molar-refractivity contribution is 7.99. The Hall–Kier alpha value is -1.83. The molecule has 0 aliphatic carbocycles. The quantitative estimate of drug-likeness (QED) is 0.789. The monoisotopic (exact) mass is 295 g/mol. The molecule has 0 aromatic carbocycles. The zero-order chi connectivity index (χ0) is 14.7. The first kappa shape index (κ1) is 14.6. The molecule has 0 fully saturated rings. The number of thioether (sulfide) groups is 1. The predicted molar refractivity (Wildman–Crippen MR) is 75.5 cm³/mol. The van der Waals surface area contributed by atoms with Gasteiger partial charge in [0.05, 0.1) is 17.5 Å². The Balaban J connectivity index is 2.37. The molecular weight excluding hydrogens is 278 g/mol. The number of rotatable bonds is 6. The molecule has 0 spiro atoms. The maximum Gasteiger partial charge on any atom is 0.313 e. The number of aliphatic carboxylic acids is 1. The maximum atomic E-state index is 10.7. The van der Waals surface area contributed by atoms with Crippen molar-refractivity contribution in [3.63, 3.8) is 0 Å². The van der Waals surface area contributed by atoms with E-state index in [0.717, 1.165) is 23.6 Å². The van der Waals surface area contributed by atoms with Crippen LogP contribution in [-0.2, 0) is 11.3 Å². The first-order valence-corrected chi connectivity index (χ1v) is 7.25. The lowest BCUT2D eigenvalue weighted by molar-refractivity contribution is -0.133. The number of hydrogen-bond acceptors (Lipinski definition) is 5. The van der Waals surface area contributed by atoms with E-state index in [0.29, 0.717) is 11.1 Å². The summed E-state index contributed by atoms with van der Waals surface area (Å²) < 4.78 is 1.95. The number of carbonyl (C=O) groups is 1. The van der Waals surface area contributed by atoms with Crippen molar-refractivity contribution in [1.29, 1.82) is 0 Å². The third kappa shape index (κ3) is 3.19. The Labute approximate surface area is 120 Å². The van der Waals surface area contributed by atoms with E-state index in [2.05, 4.69) is 34.2 Å². The van der Waals surface area contributed by atoms with E-state index in [1.807, 2.05) is 11.5 Å². The van der Waals surface area contributed by atoms with Gasteiger partial charge in [-0.05, 0) is 12.8 Å². The number of aromatic amines is 1. The Kier molecular flexibility index (Phi) is 4.43. The van der Waals surface area contributed by atoms with Gasteiger partial charge in [-0.1, -0.05) is 25.6 Å². The average Bonchev–Trinajstić information content (AvgIpc) is 2.92. The fraction of sp³-hybridized carbons (Fsp3) is 0.500. The summed E-state index contributed by atoms with van der Waals surface area (Å²) in [6.07, 6.45) is 1.71. The van der Waals surface area contributed by atoms with E-state index in [1.165, 1.54) is 11.8 Å². The number of carboxylic acid groups (broad SMARTS) is 1. The fourth-order valence-corrected chi connectivity index (χ4v) is 2.49. The van der Waals surface area contributed by atoms with Gasteiger partial charge in [0.1, 0.15) is 0 Å². The number of nitrogens with one attached hydrogen (secondary N) is 1. The average molecular weight is 295 g/mol. The first-order valence-electron chi connectivity index (χ1n) is 6.27. The molecule has 2 aromatic heterocycles. The highest BCUT2D eigenvalue weighted by atomic mass is 32.2. The number of H-pyrrole nitrogens is 1. The van der Waals surface area contributed by atoms with Crippen LogP contribution < -0.4 is 0 Å². The number of nitrogens with zero attached hydrogens (tertiary/aromatic N) is 4. The largest absolute Gasteiger partial charge is 0.481 e. The van der Waals surface area contributed by atoms with Gasteiger partial charge in [-0.25, -0.2) is 0 Å². The van der Waals surface area contributed by atoms with Gasteiger partial charge < -0.3 is 9.67 Å². The standard InChI is InChI=1S/C12H17N5O2S/c1-7(2)5-17-11(9-4-13-14-8(9)3)15-16-12(17)20-6-10(18)19/h4,7H,5-6H2,1-3H3,(H,13,14)(H,18,19). The normalized spacial score (nSPS) is 11.2. The zero-order valence-corrected chi connectivity index (χ0v) is 12.4. The van der Waals surface area contributed by atoms with Crippen LogP contribution >= 0.6 is 11.8 Å². The molecule has 2 aromatic rings. The molecule has 0 bridgehead atoms. The van der Waals surface area contributed by atoms with Gasteiger partial charge in [-0.15, -0.1) is 10.2 Å². The van der Waals surface area contributed by atoms with Gasteiger partial charge in [0.25, 0.3) is 0 Å². The zero-order valence-electron chi connectivity index (χ0n) is 11.6. The molecule has 7 nitrogen and oxygen atoms in total. The van der Waals surface area contributed by atoms with Crippen LogP contribution in [0.2, 0.25) is 0 Å². The molecule has 0 amide bonds. The SMILES string of the molecule is Cc1[nH]ncc1-c1nnc(SCC(=O)O)n1CC(C)C. The summed E-state index contributed by atoms with van der Waals surface area (Å²) in [5.74, 6) is 0.231. The van der Waals surface area contributed by atoms with Crippen molar-refractivity contribution >= 4 is 17.7 Å². The molecular formula is C12H17N5O2S. The van der Waals surface area contributed by atoms with E-state index in [1.54, 1.807) is 6.20 Å². The van der Waals surface area contributed by atoms with E-state index in [4.69, 9.17) is 5.11 Å². The van der Waals surface area contributed by atoms with Gasteiger partial charge in [0.2, 0.25) is 0 Å². The predicted octanol–water partition coefficient (Wildman–Crippen LogP) is 1.81. The van der Waals surface area contributed by atoms with Crippen LogP contribution in [0.25, 0.3) is 11.4 Å². The Bertz CT molecular complexity index is 605. The molecule has 2 rings (SSSR count). The van der Waals surface area contributed by atoms with Crippen LogP contribution in [0.3, 0.4) is 0 Å². The van der Waals surface area contributed by atoms with Crippen LogP contribution in [0.1, 0.15) is 19.5 Å². The van der Waals surface area contributed by atoms with E-state index >= 15 is 0 Å². The van der Waals surface area contributed by atoms with Gasteiger partial charge in [0, 0.05) is 12.2 Å². The number of hydrogen-bond donors (Lipinski definition) is 2. The summed E-state index contributed by atoms with van der Waals surface area (Å²) in [6.45, 7) is 6.84. The van der Waals surface area contributed by atoms with Crippen LogP contribution in [0.4, 0.5) is 0 Å². The van der Waals surface area contributed by atoms with Crippen LogP contribution in [0.5, 0.6) is 0 Å². The van der Waals surface area contributed by atoms with Crippen molar-refractivity contribution in [3.8, 4) is 11.4 Å². The number of aromatic nitrogens is 5. The second kappa shape index (κ2) is 6.08. The molecule has 0 radical (unpaired) electrons. The lowest BCUT2D eigenvalue weighted by atomic mass is 10.2. The number of carboxylic acids is 1. The van der Waals surface area contributed by atoms with Crippen molar-refractivity contribution in [2.75, 3.05) is 5.75 Å². The highest BCUT2D eigenvalue weighted by Crippen LogP contribution is 2.26. The molecule has 0 atom stereocenters. The molecule has 0 aliphatic rings. The summed E-state index contributed by atoms with van der Waals surface area (Å²) in [4.78, 5) is 10.7. The van der Waals surface area contributed by atoms with Gasteiger partial charge in [-0.3, -0.25) is 9.89 Å².